The minimum absolute atomic E-state index is 0.0157. The van der Waals surface area contributed by atoms with Crippen molar-refractivity contribution in [2.45, 2.75) is 32.7 Å². The Morgan fingerprint density at radius 3 is 2.67 bits per heavy atom. The van der Waals surface area contributed by atoms with Crippen molar-refractivity contribution in [3.05, 3.63) is 0 Å². The molecule has 0 heterocycles. The molecule has 0 amide bonds. The van der Waals surface area contributed by atoms with Gasteiger partial charge in [-0.25, -0.2) is 0 Å². The topological polar surface area (TPSA) is 38.3 Å². The number of ether oxygens (including phenoxy) is 1. The van der Waals surface area contributed by atoms with E-state index in [0.29, 0.717) is 6.04 Å². The highest BCUT2D eigenvalue weighted by atomic mass is 32.2. The van der Waals surface area contributed by atoms with Crippen molar-refractivity contribution in [3.8, 4) is 0 Å². The Balaban J connectivity index is 3.55. The highest BCUT2D eigenvalue weighted by Crippen LogP contribution is 2.07. The van der Waals surface area contributed by atoms with Crippen LogP contribution in [0.25, 0.3) is 0 Å². The molecule has 0 saturated heterocycles. The Hall–Kier alpha value is -0.220. The monoisotopic (exact) mass is 233 g/mol. The van der Waals surface area contributed by atoms with Crippen LogP contribution in [-0.2, 0) is 9.53 Å². The van der Waals surface area contributed by atoms with Crippen LogP contribution in [0.4, 0.5) is 0 Å². The van der Waals surface area contributed by atoms with Crippen molar-refractivity contribution in [3.63, 3.8) is 0 Å². The van der Waals surface area contributed by atoms with Gasteiger partial charge in [0, 0.05) is 6.04 Å². The number of carbonyl (C=O) groups is 1. The molecule has 0 saturated carbocycles. The van der Waals surface area contributed by atoms with Gasteiger partial charge in [-0.05, 0) is 38.3 Å². The van der Waals surface area contributed by atoms with Gasteiger partial charge < -0.3 is 10.1 Å². The molecular formula is C11H23NO2S. The molecule has 0 aromatic rings. The summed E-state index contributed by atoms with van der Waals surface area (Å²) in [5.74, 6) is 1.05. The van der Waals surface area contributed by atoms with Gasteiger partial charge in [-0.3, -0.25) is 4.79 Å². The summed E-state index contributed by atoms with van der Waals surface area (Å²) in [7, 11) is 1.44. The molecule has 0 fully saturated rings. The minimum atomic E-state index is -0.118. The second-order valence-corrected chi connectivity index (χ2v) is 4.85. The van der Waals surface area contributed by atoms with Crippen LogP contribution in [0.5, 0.6) is 0 Å². The van der Waals surface area contributed by atoms with E-state index < -0.39 is 0 Å². The highest BCUT2D eigenvalue weighted by Gasteiger charge is 2.15. The predicted molar refractivity (Wildman–Crippen MR) is 66.3 cm³/mol. The van der Waals surface area contributed by atoms with Crippen molar-refractivity contribution in [1.29, 1.82) is 0 Å². The number of hydrogen-bond acceptors (Lipinski definition) is 4. The lowest BCUT2D eigenvalue weighted by Gasteiger charge is -2.16. The van der Waals surface area contributed by atoms with Gasteiger partial charge in [0.2, 0.25) is 0 Å². The number of thioether (sulfide) groups is 1. The molecule has 2 unspecified atom stereocenters. The summed E-state index contributed by atoms with van der Waals surface area (Å²) in [6, 6.07) is 0.376. The molecule has 0 aromatic carbocycles. The summed E-state index contributed by atoms with van der Waals surface area (Å²) in [6.45, 7) is 5.04. The molecular weight excluding hydrogens is 210 g/mol. The van der Waals surface area contributed by atoms with Crippen LogP contribution in [0, 0.1) is 5.92 Å². The molecule has 0 aliphatic rings. The number of rotatable bonds is 8. The number of hydrogen-bond donors (Lipinski definition) is 1. The van der Waals surface area contributed by atoms with E-state index >= 15 is 0 Å². The fraction of sp³-hybridized carbons (Fsp3) is 0.909. The van der Waals surface area contributed by atoms with E-state index in [1.807, 2.05) is 18.7 Å². The van der Waals surface area contributed by atoms with Gasteiger partial charge in [-0.1, -0.05) is 6.92 Å². The van der Waals surface area contributed by atoms with Gasteiger partial charge in [0.15, 0.2) is 0 Å². The lowest BCUT2D eigenvalue weighted by molar-refractivity contribution is -0.145. The molecule has 2 atom stereocenters. The first-order valence-electron chi connectivity index (χ1n) is 5.42. The molecule has 4 heteroatoms. The third-order valence-electron chi connectivity index (χ3n) is 2.33. The fourth-order valence-corrected chi connectivity index (χ4v) is 1.91. The first-order chi connectivity index (χ1) is 7.11. The third-order valence-corrected chi connectivity index (χ3v) is 3.03. The molecule has 0 aliphatic heterocycles. The highest BCUT2D eigenvalue weighted by molar-refractivity contribution is 7.98. The maximum Gasteiger partial charge on any atom is 0.308 e. The van der Waals surface area contributed by atoms with Gasteiger partial charge >= 0.3 is 5.97 Å². The van der Waals surface area contributed by atoms with Gasteiger partial charge in [0.25, 0.3) is 0 Å². The number of methoxy groups -OCH3 is 1. The largest absolute Gasteiger partial charge is 0.469 e. The Morgan fingerprint density at radius 2 is 2.13 bits per heavy atom. The lowest BCUT2D eigenvalue weighted by Crippen LogP contribution is -2.31. The molecule has 0 aromatic heterocycles. The molecule has 15 heavy (non-hydrogen) atoms. The van der Waals surface area contributed by atoms with E-state index in [2.05, 4.69) is 23.2 Å². The Morgan fingerprint density at radius 1 is 1.47 bits per heavy atom. The van der Waals surface area contributed by atoms with Crippen molar-refractivity contribution in [2.24, 2.45) is 5.92 Å². The second kappa shape index (κ2) is 9.04. The van der Waals surface area contributed by atoms with E-state index in [9.17, 15) is 4.79 Å². The smallest absolute Gasteiger partial charge is 0.308 e. The maximum absolute atomic E-state index is 11.2. The third kappa shape index (κ3) is 7.68. The number of nitrogens with one attached hydrogen (secondary N) is 1. The second-order valence-electron chi connectivity index (χ2n) is 3.86. The summed E-state index contributed by atoms with van der Waals surface area (Å²) >= 11 is 1.86. The summed E-state index contributed by atoms with van der Waals surface area (Å²) in [5.41, 5.74) is 0. The zero-order chi connectivity index (χ0) is 11.7. The van der Waals surface area contributed by atoms with Crippen LogP contribution in [0.15, 0.2) is 0 Å². The average molecular weight is 233 g/mol. The van der Waals surface area contributed by atoms with Gasteiger partial charge in [-0.2, -0.15) is 11.8 Å². The van der Waals surface area contributed by atoms with E-state index in [-0.39, 0.29) is 11.9 Å². The standard InChI is InChI=1S/C11H23NO2S/c1-9(11(13)14-3)8-10(2)12-6-5-7-15-4/h9-10,12H,5-8H2,1-4H3. The van der Waals surface area contributed by atoms with E-state index in [4.69, 9.17) is 0 Å². The number of carbonyl (C=O) groups excluding carboxylic acids is 1. The molecule has 90 valence electrons. The summed E-state index contributed by atoms with van der Waals surface area (Å²) in [4.78, 5) is 11.2. The molecule has 0 aliphatic carbocycles. The first kappa shape index (κ1) is 14.8. The van der Waals surface area contributed by atoms with Crippen molar-refractivity contribution in [1.82, 2.24) is 5.32 Å². The van der Waals surface area contributed by atoms with Crippen LogP contribution in [0.2, 0.25) is 0 Å². The first-order valence-corrected chi connectivity index (χ1v) is 6.81. The average Bonchev–Trinajstić information content (AvgIpc) is 2.23. The summed E-state index contributed by atoms with van der Waals surface area (Å²) in [6.07, 6.45) is 4.13. The predicted octanol–water partition coefficient (Wildman–Crippen LogP) is 1.92. The molecule has 0 radical (unpaired) electrons. The SMILES string of the molecule is COC(=O)C(C)CC(C)NCCCSC. The Labute approximate surface area is 97.3 Å². The molecule has 1 N–H and O–H groups in total. The Kier molecular flexibility index (Phi) is 8.91. The van der Waals surface area contributed by atoms with Crippen LogP contribution in [0.1, 0.15) is 26.7 Å². The summed E-state index contributed by atoms with van der Waals surface area (Å²) in [5, 5.41) is 3.41. The molecule has 3 nitrogen and oxygen atoms in total. The fourth-order valence-electron chi connectivity index (χ4n) is 1.48. The van der Waals surface area contributed by atoms with Crippen LogP contribution >= 0.6 is 11.8 Å². The van der Waals surface area contributed by atoms with Gasteiger partial charge in [-0.15, -0.1) is 0 Å². The van der Waals surface area contributed by atoms with Crippen LogP contribution < -0.4 is 5.32 Å². The number of esters is 1. The molecule has 0 spiro atoms. The van der Waals surface area contributed by atoms with E-state index in [1.54, 1.807) is 0 Å². The van der Waals surface area contributed by atoms with E-state index in [0.717, 1.165) is 13.0 Å². The van der Waals surface area contributed by atoms with Crippen LogP contribution in [-0.4, -0.2) is 37.7 Å². The van der Waals surface area contributed by atoms with E-state index in [1.165, 1.54) is 19.3 Å². The minimum Gasteiger partial charge on any atom is -0.469 e. The zero-order valence-electron chi connectivity index (χ0n) is 10.2. The normalized spacial score (nSPS) is 14.7. The zero-order valence-corrected chi connectivity index (χ0v) is 11.0. The Bertz CT molecular complexity index is 176. The van der Waals surface area contributed by atoms with Crippen molar-refractivity contribution >= 4 is 17.7 Å². The maximum atomic E-state index is 11.2. The molecule has 0 rings (SSSR count). The van der Waals surface area contributed by atoms with Gasteiger partial charge in [0.1, 0.15) is 0 Å². The molecule has 0 bridgehead atoms. The van der Waals surface area contributed by atoms with Crippen molar-refractivity contribution < 1.29 is 9.53 Å². The quantitative estimate of drug-likeness (QED) is 0.513. The van der Waals surface area contributed by atoms with Crippen LogP contribution in [0.3, 0.4) is 0 Å². The summed E-state index contributed by atoms with van der Waals surface area (Å²) < 4.78 is 4.69. The van der Waals surface area contributed by atoms with Crippen molar-refractivity contribution in [2.75, 3.05) is 25.7 Å². The van der Waals surface area contributed by atoms with Gasteiger partial charge in [0.05, 0.1) is 13.0 Å². The lowest BCUT2D eigenvalue weighted by atomic mass is 10.0.